The van der Waals surface area contributed by atoms with E-state index in [-0.39, 0.29) is 17.7 Å². The summed E-state index contributed by atoms with van der Waals surface area (Å²) >= 11 is 0. The van der Waals surface area contributed by atoms with E-state index in [1.807, 2.05) is 34.7 Å². The standard InChI is InChI=1S/C25H30FN5O3/c1-6-33-22-13-8-18(14-23(22)34-7-2)24(32)29-25(28-20-11-9-19(26)10-12-20)27-15-21-16(3)30-31(5)17(21)4/h8-14H,6-7,15H2,1-5H3,(H2,27,28,29,32). The fourth-order valence-corrected chi connectivity index (χ4v) is 3.36. The van der Waals surface area contributed by atoms with E-state index in [9.17, 15) is 9.18 Å². The van der Waals surface area contributed by atoms with Gasteiger partial charge in [0.2, 0.25) is 5.96 Å². The zero-order chi connectivity index (χ0) is 24.7. The van der Waals surface area contributed by atoms with Crippen molar-refractivity contribution in [2.24, 2.45) is 12.0 Å². The van der Waals surface area contributed by atoms with Crippen LogP contribution in [0.25, 0.3) is 0 Å². The molecule has 1 amide bonds. The lowest BCUT2D eigenvalue weighted by atomic mass is 10.2. The molecule has 0 saturated heterocycles. The first-order chi connectivity index (χ1) is 16.3. The van der Waals surface area contributed by atoms with Crippen LogP contribution < -0.4 is 20.1 Å². The van der Waals surface area contributed by atoms with E-state index in [0.29, 0.717) is 42.5 Å². The van der Waals surface area contributed by atoms with Crippen molar-refractivity contribution in [1.82, 2.24) is 15.1 Å². The summed E-state index contributed by atoms with van der Waals surface area (Å²) in [5.74, 6) is 0.556. The molecule has 0 saturated carbocycles. The van der Waals surface area contributed by atoms with Crippen molar-refractivity contribution in [1.29, 1.82) is 0 Å². The molecular weight excluding hydrogens is 437 g/mol. The number of benzene rings is 2. The van der Waals surface area contributed by atoms with Crippen LogP contribution in [0.2, 0.25) is 0 Å². The van der Waals surface area contributed by atoms with E-state index in [1.165, 1.54) is 12.1 Å². The lowest BCUT2D eigenvalue weighted by Crippen LogP contribution is -2.36. The molecule has 3 aromatic rings. The molecule has 180 valence electrons. The molecule has 0 bridgehead atoms. The number of aliphatic imine (C=N–C) groups is 1. The predicted octanol–water partition coefficient (Wildman–Crippen LogP) is 4.37. The van der Waals surface area contributed by atoms with Gasteiger partial charge in [-0.2, -0.15) is 5.10 Å². The number of rotatable bonds is 8. The van der Waals surface area contributed by atoms with E-state index in [1.54, 1.807) is 35.0 Å². The largest absolute Gasteiger partial charge is 0.490 e. The Hall–Kier alpha value is -3.88. The Kier molecular flexibility index (Phi) is 8.24. The molecule has 2 N–H and O–H groups in total. The summed E-state index contributed by atoms with van der Waals surface area (Å²) in [7, 11) is 1.87. The Morgan fingerprint density at radius 1 is 1.06 bits per heavy atom. The average molecular weight is 468 g/mol. The maximum atomic E-state index is 13.3. The minimum atomic E-state index is -0.378. The van der Waals surface area contributed by atoms with Crippen LogP contribution in [0.15, 0.2) is 47.5 Å². The van der Waals surface area contributed by atoms with Crippen molar-refractivity contribution >= 4 is 17.6 Å². The van der Waals surface area contributed by atoms with Gasteiger partial charge >= 0.3 is 0 Å². The number of hydrogen-bond donors (Lipinski definition) is 2. The highest BCUT2D eigenvalue weighted by molar-refractivity contribution is 6.10. The first kappa shape index (κ1) is 24.8. The number of guanidine groups is 1. The van der Waals surface area contributed by atoms with E-state index in [4.69, 9.17) is 9.47 Å². The summed E-state index contributed by atoms with van der Waals surface area (Å²) < 4.78 is 26.3. The van der Waals surface area contributed by atoms with Crippen LogP contribution in [0.1, 0.15) is 41.2 Å². The van der Waals surface area contributed by atoms with Crippen LogP contribution in [0.4, 0.5) is 10.1 Å². The third-order valence-electron chi connectivity index (χ3n) is 5.20. The molecule has 0 atom stereocenters. The Bertz CT molecular complexity index is 1170. The Morgan fingerprint density at radius 2 is 1.74 bits per heavy atom. The lowest BCUT2D eigenvalue weighted by molar-refractivity contribution is 0.0976. The van der Waals surface area contributed by atoms with Crippen LogP contribution in [0.3, 0.4) is 0 Å². The summed E-state index contributed by atoms with van der Waals surface area (Å²) in [4.78, 5) is 17.7. The van der Waals surface area contributed by atoms with Gasteiger partial charge in [0.25, 0.3) is 5.91 Å². The van der Waals surface area contributed by atoms with Crippen molar-refractivity contribution in [3.63, 3.8) is 0 Å². The van der Waals surface area contributed by atoms with Gasteiger partial charge in [-0.1, -0.05) is 0 Å². The topological polar surface area (TPSA) is 89.8 Å². The third kappa shape index (κ3) is 6.12. The van der Waals surface area contributed by atoms with Gasteiger partial charge in [-0.15, -0.1) is 0 Å². The van der Waals surface area contributed by atoms with Crippen molar-refractivity contribution in [2.45, 2.75) is 34.2 Å². The molecule has 3 rings (SSSR count). The normalized spacial score (nSPS) is 11.3. The second kappa shape index (κ2) is 11.3. The van der Waals surface area contributed by atoms with Gasteiger partial charge in [0, 0.05) is 29.6 Å². The van der Waals surface area contributed by atoms with Gasteiger partial charge in [-0.3, -0.25) is 14.8 Å². The summed E-state index contributed by atoms with van der Waals surface area (Å²) in [6.45, 7) is 8.85. The highest BCUT2D eigenvalue weighted by atomic mass is 19.1. The molecule has 8 nitrogen and oxygen atoms in total. The van der Waals surface area contributed by atoms with Crippen LogP contribution >= 0.6 is 0 Å². The van der Waals surface area contributed by atoms with Gasteiger partial charge in [0.1, 0.15) is 5.82 Å². The lowest BCUT2D eigenvalue weighted by Gasteiger charge is -2.14. The van der Waals surface area contributed by atoms with Crippen LogP contribution in [-0.4, -0.2) is 34.9 Å². The predicted molar refractivity (Wildman–Crippen MR) is 130 cm³/mol. The SMILES string of the molecule is CCOc1ccc(C(=O)NC(=NCc2c(C)nn(C)c2C)Nc2ccc(F)cc2)cc1OCC. The van der Waals surface area contributed by atoms with E-state index in [0.717, 1.165) is 17.0 Å². The maximum Gasteiger partial charge on any atom is 0.258 e. The van der Waals surface area contributed by atoms with Crippen LogP contribution in [0, 0.1) is 19.7 Å². The molecule has 0 aliphatic carbocycles. The number of hydrogen-bond acceptors (Lipinski definition) is 5. The van der Waals surface area contributed by atoms with Crippen LogP contribution in [0.5, 0.6) is 11.5 Å². The number of nitrogens with zero attached hydrogens (tertiary/aromatic N) is 3. The first-order valence-electron chi connectivity index (χ1n) is 11.1. The fraction of sp³-hybridized carbons (Fsp3) is 0.320. The number of carbonyl (C=O) groups is 1. The first-order valence-corrected chi connectivity index (χ1v) is 11.1. The summed E-state index contributed by atoms with van der Waals surface area (Å²) in [6.07, 6.45) is 0. The third-order valence-corrected chi connectivity index (χ3v) is 5.20. The summed E-state index contributed by atoms with van der Waals surface area (Å²) in [5.41, 5.74) is 3.79. The fourth-order valence-electron chi connectivity index (χ4n) is 3.36. The highest BCUT2D eigenvalue weighted by Gasteiger charge is 2.15. The molecule has 0 aliphatic heterocycles. The molecule has 0 radical (unpaired) electrons. The van der Waals surface area contributed by atoms with E-state index in [2.05, 4.69) is 20.7 Å². The molecule has 0 spiro atoms. The minimum absolute atomic E-state index is 0.228. The van der Waals surface area contributed by atoms with Gasteiger partial charge < -0.3 is 14.8 Å². The number of nitrogens with one attached hydrogen (secondary N) is 2. The zero-order valence-electron chi connectivity index (χ0n) is 20.1. The molecule has 34 heavy (non-hydrogen) atoms. The quantitative estimate of drug-likeness (QED) is 0.379. The molecule has 1 heterocycles. The smallest absolute Gasteiger partial charge is 0.258 e. The average Bonchev–Trinajstić information content (AvgIpc) is 3.05. The monoisotopic (exact) mass is 467 g/mol. The van der Waals surface area contributed by atoms with Gasteiger partial charge in [-0.25, -0.2) is 9.38 Å². The molecule has 2 aromatic carbocycles. The van der Waals surface area contributed by atoms with E-state index < -0.39 is 0 Å². The number of aryl methyl sites for hydroxylation is 2. The molecule has 0 unspecified atom stereocenters. The number of aromatic nitrogens is 2. The van der Waals surface area contributed by atoms with Crippen molar-refractivity contribution in [2.75, 3.05) is 18.5 Å². The van der Waals surface area contributed by atoms with Crippen LogP contribution in [-0.2, 0) is 13.6 Å². The second-order valence-corrected chi connectivity index (χ2v) is 7.55. The van der Waals surface area contributed by atoms with Gasteiger partial charge in [0.15, 0.2) is 11.5 Å². The minimum Gasteiger partial charge on any atom is -0.490 e. The number of ether oxygens (including phenoxy) is 2. The maximum absolute atomic E-state index is 13.3. The number of amides is 1. The van der Waals surface area contributed by atoms with Crippen molar-refractivity contribution in [3.05, 3.63) is 70.8 Å². The molecule has 1 aromatic heterocycles. The molecular formula is C25H30FN5O3. The van der Waals surface area contributed by atoms with E-state index >= 15 is 0 Å². The molecule has 0 aliphatic rings. The highest BCUT2D eigenvalue weighted by Crippen LogP contribution is 2.28. The number of anilines is 1. The molecule has 0 fully saturated rings. The van der Waals surface area contributed by atoms with Crippen molar-refractivity contribution in [3.8, 4) is 11.5 Å². The van der Waals surface area contributed by atoms with Crippen molar-refractivity contribution < 1.29 is 18.7 Å². The summed E-state index contributed by atoms with van der Waals surface area (Å²) in [5, 5.41) is 10.3. The number of halogens is 1. The Balaban J connectivity index is 1.87. The Labute approximate surface area is 198 Å². The number of carbonyl (C=O) groups excluding carboxylic acids is 1. The molecule has 9 heteroatoms. The van der Waals surface area contributed by atoms with Gasteiger partial charge in [0.05, 0.1) is 25.5 Å². The zero-order valence-corrected chi connectivity index (χ0v) is 20.1. The summed E-state index contributed by atoms with van der Waals surface area (Å²) in [6, 6.07) is 10.8. The Morgan fingerprint density at radius 3 is 2.35 bits per heavy atom. The van der Waals surface area contributed by atoms with Gasteiger partial charge in [-0.05, 0) is 70.2 Å². The second-order valence-electron chi connectivity index (χ2n) is 7.55.